The number of carbonyl (C=O) groups is 2. The number of allylic oxidation sites excluding steroid dienone is 2. The van der Waals surface area contributed by atoms with Gasteiger partial charge in [0.1, 0.15) is 0 Å². The number of aryl methyl sites for hydroxylation is 4. The van der Waals surface area contributed by atoms with Gasteiger partial charge in [0.2, 0.25) is 0 Å². The van der Waals surface area contributed by atoms with Crippen molar-refractivity contribution in [2.45, 2.75) is 54.6 Å². The lowest BCUT2D eigenvalue weighted by atomic mass is 10.1. The molecule has 4 aromatic carbocycles. The summed E-state index contributed by atoms with van der Waals surface area (Å²) < 4.78 is 2.20. The Kier molecular flexibility index (Phi) is 13.9. The maximum atomic E-state index is 12.6. The van der Waals surface area contributed by atoms with E-state index >= 15 is 0 Å². The number of anilines is 2. The molecule has 0 N–H and O–H groups in total. The summed E-state index contributed by atoms with van der Waals surface area (Å²) in [6, 6.07) is 28.6. The molecule has 0 aliphatic heterocycles. The molecule has 44 heavy (non-hydrogen) atoms. The molecule has 0 spiro atoms. The number of amides is 2. The number of hydrogen-bond donors (Lipinski definition) is 0. The lowest BCUT2D eigenvalue weighted by Crippen LogP contribution is -2.30. The highest BCUT2D eigenvalue weighted by Crippen LogP contribution is 2.31. The van der Waals surface area contributed by atoms with E-state index in [4.69, 9.17) is 0 Å². The monoisotopic (exact) mass is 810 g/mol. The lowest BCUT2D eigenvalue weighted by Gasteiger charge is -2.25. The fraction of sp³-hybridized carbons (Fsp3) is 0.211. The van der Waals surface area contributed by atoms with Crippen LogP contribution in [0.5, 0.6) is 0 Å². The van der Waals surface area contributed by atoms with Crippen molar-refractivity contribution in [1.29, 1.82) is 0 Å². The van der Waals surface area contributed by atoms with Crippen LogP contribution in [-0.2, 0) is 22.7 Å². The minimum atomic E-state index is 0.0104. The minimum Gasteiger partial charge on any atom is -0.303 e. The van der Waals surface area contributed by atoms with Crippen molar-refractivity contribution in [3.05, 3.63) is 150 Å². The molecule has 0 bridgehead atoms. The number of halogens is 2. The summed E-state index contributed by atoms with van der Waals surface area (Å²) in [5.74, 6) is 0.0208. The molecule has 0 aliphatic carbocycles. The van der Waals surface area contributed by atoms with E-state index in [9.17, 15) is 9.59 Å². The third-order valence-electron chi connectivity index (χ3n) is 6.85. The molecule has 4 nitrogen and oxygen atoms in total. The van der Waals surface area contributed by atoms with Crippen molar-refractivity contribution >= 4 is 68.4 Å². The van der Waals surface area contributed by atoms with E-state index in [1.807, 2.05) is 84.3 Å². The van der Waals surface area contributed by atoms with Crippen LogP contribution in [0.25, 0.3) is 0 Å². The first-order valence-corrected chi connectivity index (χ1v) is 16.7. The standard InChI is InChI=1S/2C19H20INO/c2*1-4-8-18(22)21(13-16-9-6-5-7-10-16)19-15(3)11-14(2)12-17(19)20/h2*4-12H,13H2,1-3H3/b2*8-4+. The fourth-order valence-electron chi connectivity index (χ4n) is 5.03. The van der Waals surface area contributed by atoms with Gasteiger partial charge in [0.05, 0.1) is 24.5 Å². The molecule has 6 heteroatoms. The molecule has 2 amide bonds. The Labute approximate surface area is 290 Å². The molecule has 0 radical (unpaired) electrons. The smallest absolute Gasteiger partial charge is 0.250 e. The number of rotatable bonds is 8. The first-order chi connectivity index (χ1) is 21.0. The number of nitrogens with zero attached hydrogens (tertiary/aromatic N) is 2. The topological polar surface area (TPSA) is 40.6 Å². The number of carbonyl (C=O) groups excluding carboxylic acids is 2. The van der Waals surface area contributed by atoms with Crippen LogP contribution >= 0.6 is 45.2 Å². The van der Waals surface area contributed by atoms with E-state index < -0.39 is 0 Å². The molecule has 0 heterocycles. The summed E-state index contributed by atoms with van der Waals surface area (Å²) in [6.45, 7) is 13.2. The zero-order valence-electron chi connectivity index (χ0n) is 26.3. The molecule has 4 rings (SSSR count). The van der Waals surface area contributed by atoms with Gasteiger partial charge in [-0.05, 0) is 144 Å². The van der Waals surface area contributed by atoms with Crippen molar-refractivity contribution in [2.24, 2.45) is 0 Å². The van der Waals surface area contributed by atoms with Gasteiger partial charge in [-0.25, -0.2) is 0 Å². The highest BCUT2D eigenvalue weighted by Gasteiger charge is 2.20. The lowest BCUT2D eigenvalue weighted by molar-refractivity contribution is -0.115. The van der Waals surface area contributed by atoms with E-state index in [2.05, 4.69) is 97.1 Å². The number of hydrogen-bond acceptors (Lipinski definition) is 2. The normalized spacial score (nSPS) is 10.9. The van der Waals surface area contributed by atoms with Crippen LogP contribution in [0.1, 0.15) is 47.2 Å². The Morgan fingerprint density at radius 2 is 0.932 bits per heavy atom. The van der Waals surface area contributed by atoms with Crippen molar-refractivity contribution in [2.75, 3.05) is 9.80 Å². The highest BCUT2D eigenvalue weighted by molar-refractivity contribution is 14.1. The quantitative estimate of drug-likeness (QED) is 0.131. The molecule has 0 unspecified atom stereocenters. The molecule has 4 aromatic rings. The van der Waals surface area contributed by atoms with E-state index in [1.165, 1.54) is 11.1 Å². The van der Waals surface area contributed by atoms with Crippen molar-refractivity contribution in [1.82, 2.24) is 0 Å². The molecule has 0 atom stereocenters. The Morgan fingerprint density at radius 3 is 1.23 bits per heavy atom. The average Bonchev–Trinajstić information content (AvgIpc) is 2.97. The third-order valence-corrected chi connectivity index (χ3v) is 8.50. The number of benzene rings is 4. The SMILES string of the molecule is C/C=C/C(=O)N(Cc1ccccc1)c1c(C)cc(C)cc1I.C/C=C/C(=O)N(Cc1ccccc1)c1c(C)cc(C)cc1I. The van der Waals surface area contributed by atoms with Gasteiger partial charge in [0.15, 0.2) is 0 Å². The van der Waals surface area contributed by atoms with E-state index in [-0.39, 0.29) is 11.8 Å². The summed E-state index contributed by atoms with van der Waals surface area (Å²) >= 11 is 4.63. The Hall–Kier alpha value is -3.24. The maximum Gasteiger partial charge on any atom is 0.250 e. The second-order valence-corrected chi connectivity index (χ2v) is 13.0. The van der Waals surface area contributed by atoms with Crippen molar-refractivity contribution in [3.8, 4) is 0 Å². The van der Waals surface area contributed by atoms with E-state index in [0.717, 1.165) is 40.8 Å². The predicted molar refractivity (Wildman–Crippen MR) is 202 cm³/mol. The Bertz CT molecular complexity index is 1460. The Morgan fingerprint density at radius 1 is 0.591 bits per heavy atom. The average molecular weight is 811 g/mol. The third kappa shape index (κ3) is 9.89. The van der Waals surface area contributed by atoms with Crippen LogP contribution < -0.4 is 9.80 Å². The summed E-state index contributed by atoms with van der Waals surface area (Å²) in [5, 5.41) is 0. The van der Waals surface area contributed by atoms with Gasteiger partial charge in [-0.1, -0.05) is 84.9 Å². The van der Waals surface area contributed by atoms with Gasteiger partial charge in [0.25, 0.3) is 11.8 Å². The van der Waals surface area contributed by atoms with Gasteiger partial charge >= 0.3 is 0 Å². The molecule has 0 aliphatic rings. The summed E-state index contributed by atoms with van der Waals surface area (Å²) in [4.78, 5) is 28.9. The van der Waals surface area contributed by atoms with Crippen LogP contribution in [-0.4, -0.2) is 11.8 Å². The summed E-state index contributed by atoms with van der Waals surface area (Å²) in [5.41, 5.74) is 8.91. The van der Waals surface area contributed by atoms with Gasteiger partial charge in [-0.15, -0.1) is 0 Å². The maximum absolute atomic E-state index is 12.6. The van der Waals surface area contributed by atoms with Crippen molar-refractivity contribution < 1.29 is 9.59 Å². The van der Waals surface area contributed by atoms with Gasteiger partial charge in [-0.3, -0.25) is 9.59 Å². The zero-order valence-corrected chi connectivity index (χ0v) is 30.6. The molecular formula is C38H40I2N2O2. The van der Waals surface area contributed by atoms with Crippen LogP contribution in [0.4, 0.5) is 11.4 Å². The Balaban J connectivity index is 0.000000240. The van der Waals surface area contributed by atoms with Crippen LogP contribution in [0.15, 0.2) is 109 Å². The molecule has 228 valence electrons. The molecule has 0 saturated carbocycles. The first-order valence-electron chi connectivity index (χ1n) is 14.5. The summed E-state index contributed by atoms with van der Waals surface area (Å²) in [6.07, 6.45) is 6.82. The molecule has 0 saturated heterocycles. The second-order valence-electron chi connectivity index (χ2n) is 10.6. The second kappa shape index (κ2) is 17.3. The summed E-state index contributed by atoms with van der Waals surface area (Å²) in [7, 11) is 0. The first kappa shape index (κ1) is 35.2. The zero-order chi connectivity index (χ0) is 32.2. The van der Waals surface area contributed by atoms with Crippen LogP contribution in [0.3, 0.4) is 0 Å². The molecular weight excluding hydrogens is 770 g/mol. The predicted octanol–water partition coefficient (Wildman–Crippen LogP) is 10.0. The molecule has 0 fully saturated rings. The van der Waals surface area contributed by atoms with Gasteiger partial charge in [0, 0.05) is 7.14 Å². The van der Waals surface area contributed by atoms with Gasteiger partial charge in [-0.2, -0.15) is 0 Å². The van der Waals surface area contributed by atoms with E-state index in [0.29, 0.717) is 13.1 Å². The highest BCUT2D eigenvalue weighted by atomic mass is 127. The van der Waals surface area contributed by atoms with Crippen LogP contribution in [0.2, 0.25) is 0 Å². The van der Waals surface area contributed by atoms with E-state index in [1.54, 1.807) is 24.3 Å². The fourth-order valence-corrected chi connectivity index (χ4v) is 7.45. The minimum absolute atomic E-state index is 0.0104. The van der Waals surface area contributed by atoms with Gasteiger partial charge < -0.3 is 9.80 Å². The molecule has 0 aromatic heterocycles. The van der Waals surface area contributed by atoms with Crippen molar-refractivity contribution in [3.63, 3.8) is 0 Å². The van der Waals surface area contributed by atoms with Crippen LogP contribution in [0, 0.1) is 34.8 Å². The largest absolute Gasteiger partial charge is 0.303 e.